The monoisotopic (exact) mass is 303 g/mol. The molecule has 0 aromatic carbocycles. The van der Waals surface area contributed by atoms with E-state index in [1.807, 2.05) is 20.8 Å². The number of ketones is 1. The summed E-state index contributed by atoms with van der Waals surface area (Å²) in [5.41, 5.74) is -0.211. The molecule has 0 heterocycles. The minimum atomic E-state index is -0.338. The van der Waals surface area contributed by atoms with Gasteiger partial charge in [0.2, 0.25) is 0 Å². The second-order valence-electron chi connectivity index (χ2n) is 7.13. The third-order valence-electron chi connectivity index (χ3n) is 2.72. The fraction of sp³-hybridized carbons (Fsp3) is 0.938. The van der Waals surface area contributed by atoms with Crippen LogP contribution in [0.1, 0.15) is 41.5 Å². The van der Waals surface area contributed by atoms with Gasteiger partial charge in [0.05, 0.1) is 33.0 Å². The van der Waals surface area contributed by atoms with Crippen LogP contribution < -0.4 is 5.32 Å². The molecule has 126 valence electrons. The van der Waals surface area contributed by atoms with Gasteiger partial charge in [-0.2, -0.15) is 0 Å². The highest BCUT2D eigenvalue weighted by Gasteiger charge is 2.20. The van der Waals surface area contributed by atoms with Crippen molar-refractivity contribution in [1.82, 2.24) is 5.32 Å². The van der Waals surface area contributed by atoms with Gasteiger partial charge >= 0.3 is 0 Å². The van der Waals surface area contributed by atoms with Crippen molar-refractivity contribution < 1.29 is 19.0 Å². The van der Waals surface area contributed by atoms with Crippen LogP contribution in [-0.2, 0) is 19.0 Å². The Morgan fingerprint density at radius 2 is 1.29 bits per heavy atom. The summed E-state index contributed by atoms with van der Waals surface area (Å²) in [7, 11) is 0. The first-order valence-corrected chi connectivity index (χ1v) is 7.64. The smallest absolute Gasteiger partial charge is 0.163 e. The van der Waals surface area contributed by atoms with E-state index in [1.54, 1.807) is 0 Å². The van der Waals surface area contributed by atoms with Crippen LogP contribution in [0.4, 0.5) is 0 Å². The highest BCUT2D eigenvalue weighted by Crippen LogP contribution is 2.14. The van der Waals surface area contributed by atoms with Crippen LogP contribution in [0.3, 0.4) is 0 Å². The third kappa shape index (κ3) is 14.2. The summed E-state index contributed by atoms with van der Waals surface area (Å²) < 4.78 is 16.1. The largest absolute Gasteiger partial charge is 0.378 e. The Morgan fingerprint density at radius 1 is 0.810 bits per heavy atom. The fourth-order valence-electron chi connectivity index (χ4n) is 1.32. The van der Waals surface area contributed by atoms with Crippen molar-refractivity contribution in [3.05, 3.63) is 0 Å². The molecule has 0 amide bonds. The van der Waals surface area contributed by atoms with Gasteiger partial charge < -0.3 is 19.5 Å². The zero-order chi connectivity index (χ0) is 16.4. The Balaban J connectivity index is 3.25. The maximum absolute atomic E-state index is 11.6. The Kier molecular flexibility index (Phi) is 10.0. The Labute approximate surface area is 129 Å². The Hall–Kier alpha value is -0.490. The highest BCUT2D eigenvalue weighted by molar-refractivity contribution is 5.84. The predicted molar refractivity (Wildman–Crippen MR) is 84.7 cm³/mol. The van der Waals surface area contributed by atoms with E-state index in [1.165, 1.54) is 0 Å². The van der Waals surface area contributed by atoms with Gasteiger partial charge in [0.25, 0.3) is 0 Å². The van der Waals surface area contributed by atoms with Crippen molar-refractivity contribution in [3.63, 3.8) is 0 Å². The normalized spacial score (nSPS) is 12.7. The summed E-state index contributed by atoms with van der Waals surface area (Å²) in [6, 6.07) is 0. The number of carbonyl (C=O) groups excluding carboxylic acids is 1. The second kappa shape index (κ2) is 10.3. The van der Waals surface area contributed by atoms with E-state index >= 15 is 0 Å². The van der Waals surface area contributed by atoms with Crippen LogP contribution in [0.15, 0.2) is 0 Å². The average molecular weight is 303 g/mol. The van der Waals surface area contributed by atoms with Crippen LogP contribution in [0.25, 0.3) is 0 Å². The molecule has 0 spiro atoms. The summed E-state index contributed by atoms with van der Waals surface area (Å²) in [6.45, 7) is 15.8. The lowest BCUT2D eigenvalue weighted by atomic mass is 9.91. The van der Waals surface area contributed by atoms with Crippen molar-refractivity contribution in [1.29, 1.82) is 0 Å². The molecule has 0 rings (SSSR count). The first-order chi connectivity index (χ1) is 9.63. The molecule has 0 aromatic rings. The van der Waals surface area contributed by atoms with E-state index < -0.39 is 0 Å². The van der Waals surface area contributed by atoms with Crippen molar-refractivity contribution in [2.24, 2.45) is 5.41 Å². The van der Waals surface area contributed by atoms with Gasteiger partial charge in [0.1, 0.15) is 6.61 Å². The first-order valence-electron chi connectivity index (χ1n) is 7.64. The fourth-order valence-corrected chi connectivity index (χ4v) is 1.32. The lowest BCUT2D eigenvalue weighted by molar-refractivity contribution is -0.131. The maximum Gasteiger partial charge on any atom is 0.163 e. The molecular formula is C16H33NO4. The molecule has 1 N–H and O–H groups in total. The maximum atomic E-state index is 11.6. The van der Waals surface area contributed by atoms with Crippen molar-refractivity contribution in [2.75, 3.05) is 46.2 Å². The summed E-state index contributed by atoms with van der Waals surface area (Å²) in [5.74, 6) is 0.109. The zero-order valence-electron chi connectivity index (χ0n) is 14.6. The number of hydrogen-bond donors (Lipinski definition) is 1. The molecule has 0 aromatic heterocycles. The molecule has 0 saturated heterocycles. The van der Waals surface area contributed by atoms with Gasteiger partial charge in [-0.25, -0.2) is 0 Å². The molecule has 21 heavy (non-hydrogen) atoms. The van der Waals surface area contributed by atoms with Gasteiger partial charge in [0.15, 0.2) is 5.78 Å². The molecule has 0 bridgehead atoms. The molecule has 0 fully saturated rings. The quantitative estimate of drug-likeness (QED) is 0.592. The molecule has 0 radical (unpaired) electrons. The summed E-state index contributed by atoms with van der Waals surface area (Å²) in [5, 5.41) is 3.35. The van der Waals surface area contributed by atoms with Crippen molar-refractivity contribution >= 4 is 5.78 Å². The molecular weight excluding hydrogens is 270 g/mol. The predicted octanol–water partition coefficient (Wildman–Crippen LogP) is 2.04. The number of hydrogen-bond acceptors (Lipinski definition) is 5. The summed E-state index contributed by atoms with van der Waals surface area (Å²) >= 11 is 0. The van der Waals surface area contributed by atoms with Gasteiger partial charge in [-0.05, 0) is 20.8 Å². The average Bonchev–Trinajstić information content (AvgIpc) is 2.33. The van der Waals surface area contributed by atoms with Gasteiger partial charge in [-0.15, -0.1) is 0 Å². The van der Waals surface area contributed by atoms with Crippen LogP contribution >= 0.6 is 0 Å². The Morgan fingerprint density at radius 3 is 1.76 bits per heavy atom. The van der Waals surface area contributed by atoms with Gasteiger partial charge in [-0.1, -0.05) is 20.8 Å². The first kappa shape index (κ1) is 20.5. The molecule has 0 saturated carbocycles. The minimum absolute atomic E-state index is 0.109. The Bertz CT molecular complexity index is 279. The number of rotatable bonds is 11. The molecule has 5 heteroatoms. The topological polar surface area (TPSA) is 56.8 Å². The molecule has 0 unspecified atom stereocenters. The SMILES string of the molecule is CC(C)(C)NCCOCCOCCOCC(=O)C(C)(C)C. The van der Waals surface area contributed by atoms with Crippen LogP contribution in [-0.4, -0.2) is 57.5 Å². The summed E-state index contributed by atoms with van der Waals surface area (Å²) in [6.07, 6.45) is 0. The van der Waals surface area contributed by atoms with Crippen molar-refractivity contribution in [2.45, 2.75) is 47.1 Å². The standard InChI is InChI=1S/C16H33NO4/c1-15(2,3)14(18)13-21-12-11-20-10-9-19-8-7-17-16(4,5)6/h17H,7-13H2,1-6H3. The van der Waals surface area contributed by atoms with E-state index in [9.17, 15) is 4.79 Å². The number of nitrogens with one attached hydrogen (secondary N) is 1. The number of Topliss-reactive ketones (excluding diaryl/α,β-unsaturated/α-hetero) is 1. The van der Waals surface area contributed by atoms with Crippen LogP contribution in [0, 0.1) is 5.41 Å². The molecule has 0 aliphatic rings. The van der Waals surface area contributed by atoms with Gasteiger partial charge in [0, 0.05) is 17.5 Å². The summed E-state index contributed by atoms with van der Waals surface area (Å²) in [4.78, 5) is 11.6. The number of ether oxygens (including phenoxy) is 3. The van der Waals surface area contributed by atoms with E-state index in [0.29, 0.717) is 33.0 Å². The molecule has 0 aliphatic heterocycles. The molecule has 0 atom stereocenters. The lowest BCUT2D eigenvalue weighted by Crippen LogP contribution is -2.38. The van der Waals surface area contributed by atoms with E-state index in [-0.39, 0.29) is 23.3 Å². The van der Waals surface area contributed by atoms with Crippen molar-refractivity contribution in [3.8, 4) is 0 Å². The zero-order valence-corrected chi connectivity index (χ0v) is 14.6. The highest BCUT2D eigenvalue weighted by atomic mass is 16.5. The third-order valence-corrected chi connectivity index (χ3v) is 2.72. The number of carbonyl (C=O) groups is 1. The van der Waals surface area contributed by atoms with Crippen LogP contribution in [0.5, 0.6) is 0 Å². The molecule has 0 aliphatic carbocycles. The van der Waals surface area contributed by atoms with E-state index in [2.05, 4.69) is 26.1 Å². The lowest BCUT2D eigenvalue weighted by Gasteiger charge is -2.20. The minimum Gasteiger partial charge on any atom is -0.378 e. The second-order valence-corrected chi connectivity index (χ2v) is 7.13. The van der Waals surface area contributed by atoms with Gasteiger partial charge in [-0.3, -0.25) is 4.79 Å². The molecule has 5 nitrogen and oxygen atoms in total. The van der Waals surface area contributed by atoms with Crippen LogP contribution in [0.2, 0.25) is 0 Å². The van der Waals surface area contributed by atoms with E-state index in [0.717, 1.165) is 6.54 Å². The van der Waals surface area contributed by atoms with E-state index in [4.69, 9.17) is 14.2 Å².